The largest absolute Gasteiger partial charge is 0.462 e. The van der Waals surface area contributed by atoms with Crippen LogP contribution in [0.15, 0.2) is 30.3 Å². The van der Waals surface area contributed by atoms with Gasteiger partial charge in [0.05, 0.1) is 6.10 Å². The van der Waals surface area contributed by atoms with Gasteiger partial charge >= 0.3 is 5.97 Å². The second-order valence-electron chi connectivity index (χ2n) is 5.71. The van der Waals surface area contributed by atoms with E-state index in [2.05, 4.69) is 0 Å². The SMILES string of the molecule is CC(=O)O[C@H](C[C@H](O)c1ccccc1)C1CCCCC1. The number of carbonyl (C=O) groups is 1. The van der Waals surface area contributed by atoms with Gasteiger partial charge in [-0.1, -0.05) is 49.6 Å². The molecule has 3 nitrogen and oxygen atoms in total. The Bertz CT molecular complexity index is 410. The summed E-state index contributed by atoms with van der Waals surface area (Å²) in [5.74, 6) is 0.145. The lowest BCUT2D eigenvalue weighted by Gasteiger charge is -2.31. The van der Waals surface area contributed by atoms with E-state index >= 15 is 0 Å². The Morgan fingerprint density at radius 3 is 2.50 bits per heavy atom. The molecule has 1 N–H and O–H groups in total. The second-order valence-corrected chi connectivity index (χ2v) is 5.71. The van der Waals surface area contributed by atoms with Gasteiger partial charge in [0.15, 0.2) is 0 Å². The summed E-state index contributed by atoms with van der Waals surface area (Å²) in [7, 11) is 0. The average Bonchev–Trinajstić information content (AvgIpc) is 2.48. The van der Waals surface area contributed by atoms with Gasteiger partial charge in [0.1, 0.15) is 6.10 Å². The quantitative estimate of drug-likeness (QED) is 0.835. The molecule has 2 atom stereocenters. The van der Waals surface area contributed by atoms with Crippen LogP contribution in [0.5, 0.6) is 0 Å². The molecule has 2 rings (SSSR count). The van der Waals surface area contributed by atoms with E-state index in [0.717, 1.165) is 18.4 Å². The molecule has 3 heteroatoms. The zero-order valence-corrected chi connectivity index (χ0v) is 12.1. The number of aliphatic hydroxyl groups excluding tert-OH is 1. The Balaban J connectivity index is 2.01. The number of carbonyl (C=O) groups excluding carboxylic acids is 1. The number of benzene rings is 1. The molecule has 110 valence electrons. The van der Waals surface area contributed by atoms with Crippen molar-refractivity contribution in [1.82, 2.24) is 0 Å². The first-order valence-electron chi connectivity index (χ1n) is 7.57. The monoisotopic (exact) mass is 276 g/mol. The molecule has 1 aromatic carbocycles. The van der Waals surface area contributed by atoms with Gasteiger partial charge in [-0.05, 0) is 24.3 Å². The number of hydrogen-bond donors (Lipinski definition) is 1. The smallest absolute Gasteiger partial charge is 0.302 e. The topological polar surface area (TPSA) is 46.5 Å². The fourth-order valence-electron chi connectivity index (χ4n) is 3.09. The van der Waals surface area contributed by atoms with Crippen LogP contribution in [0.25, 0.3) is 0 Å². The van der Waals surface area contributed by atoms with Crippen LogP contribution >= 0.6 is 0 Å². The van der Waals surface area contributed by atoms with E-state index in [1.165, 1.54) is 26.2 Å². The van der Waals surface area contributed by atoms with Crippen molar-refractivity contribution in [3.05, 3.63) is 35.9 Å². The van der Waals surface area contributed by atoms with Crippen molar-refractivity contribution in [3.8, 4) is 0 Å². The zero-order valence-electron chi connectivity index (χ0n) is 12.1. The Labute approximate surface area is 121 Å². The molecule has 1 fully saturated rings. The first-order chi connectivity index (χ1) is 9.66. The van der Waals surface area contributed by atoms with E-state index in [-0.39, 0.29) is 12.1 Å². The molecule has 0 spiro atoms. The normalized spacial score (nSPS) is 19.3. The predicted molar refractivity (Wildman–Crippen MR) is 78.1 cm³/mol. The highest BCUT2D eigenvalue weighted by atomic mass is 16.5. The number of esters is 1. The van der Waals surface area contributed by atoms with Crippen molar-refractivity contribution in [2.75, 3.05) is 0 Å². The van der Waals surface area contributed by atoms with Crippen LogP contribution in [0.4, 0.5) is 0 Å². The highest BCUT2D eigenvalue weighted by molar-refractivity contribution is 5.66. The maximum Gasteiger partial charge on any atom is 0.302 e. The summed E-state index contributed by atoms with van der Waals surface area (Å²) in [6.45, 7) is 1.45. The fourth-order valence-corrected chi connectivity index (χ4v) is 3.09. The van der Waals surface area contributed by atoms with Gasteiger partial charge in [0, 0.05) is 13.3 Å². The van der Waals surface area contributed by atoms with E-state index in [9.17, 15) is 9.90 Å². The molecule has 0 unspecified atom stereocenters. The number of hydrogen-bond acceptors (Lipinski definition) is 3. The minimum atomic E-state index is -0.567. The molecular weight excluding hydrogens is 252 g/mol. The Kier molecular flexibility index (Phi) is 5.60. The van der Waals surface area contributed by atoms with E-state index in [1.54, 1.807) is 0 Å². The first kappa shape index (κ1) is 15.0. The molecule has 0 saturated heterocycles. The summed E-state index contributed by atoms with van der Waals surface area (Å²) in [6, 6.07) is 9.59. The summed E-state index contributed by atoms with van der Waals surface area (Å²) < 4.78 is 5.48. The first-order valence-corrected chi connectivity index (χ1v) is 7.57. The summed E-state index contributed by atoms with van der Waals surface area (Å²) in [4.78, 5) is 11.3. The summed E-state index contributed by atoms with van der Waals surface area (Å²) in [5, 5.41) is 10.3. The number of aliphatic hydroxyl groups is 1. The van der Waals surface area contributed by atoms with Crippen LogP contribution < -0.4 is 0 Å². The van der Waals surface area contributed by atoms with E-state index in [0.29, 0.717) is 12.3 Å². The number of rotatable bonds is 5. The number of ether oxygens (including phenoxy) is 1. The Morgan fingerprint density at radius 1 is 1.25 bits per heavy atom. The minimum Gasteiger partial charge on any atom is -0.462 e. The third-order valence-electron chi connectivity index (χ3n) is 4.13. The Hall–Kier alpha value is -1.35. The lowest BCUT2D eigenvalue weighted by Crippen LogP contribution is -2.29. The van der Waals surface area contributed by atoms with Crippen LogP contribution in [-0.4, -0.2) is 17.2 Å². The molecule has 1 saturated carbocycles. The molecule has 0 radical (unpaired) electrons. The molecule has 1 aliphatic carbocycles. The molecule has 0 amide bonds. The van der Waals surface area contributed by atoms with Crippen LogP contribution in [0.3, 0.4) is 0 Å². The standard InChI is InChI=1S/C17H24O3/c1-13(18)20-17(15-10-6-3-7-11-15)12-16(19)14-8-4-2-5-9-14/h2,4-5,8-9,15-17,19H,3,6-7,10-12H2,1H3/t16-,17+/m0/s1. The predicted octanol–water partition coefficient (Wildman–Crippen LogP) is 3.62. The van der Waals surface area contributed by atoms with E-state index in [1.807, 2.05) is 30.3 Å². The maximum absolute atomic E-state index is 11.3. The minimum absolute atomic E-state index is 0.164. The van der Waals surface area contributed by atoms with Crippen molar-refractivity contribution in [2.24, 2.45) is 5.92 Å². The molecule has 1 aromatic rings. The van der Waals surface area contributed by atoms with Crippen LogP contribution in [0, 0.1) is 5.92 Å². The Morgan fingerprint density at radius 2 is 1.90 bits per heavy atom. The van der Waals surface area contributed by atoms with E-state index in [4.69, 9.17) is 4.74 Å². The van der Waals surface area contributed by atoms with Gasteiger partial charge in [-0.25, -0.2) is 0 Å². The molecule has 0 aromatic heterocycles. The second kappa shape index (κ2) is 7.44. The highest BCUT2D eigenvalue weighted by Crippen LogP contribution is 2.32. The van der Waals surface area contributed by atoms with Gasteiger partial charge in [0.2, 0.25) is 0 Å². The third kappa shape index (κ3) is 4.34. The molecule has 0 bridgehead atoms. The summed E-state index contributed by atoms with van der Waals surface area (Å²) in [6.07, 6.45) is 5.62. The zero-order chi connectivity index (χ0) is 14.4. The van der Waals surface area contributed by atoms with E-state index < -0.39 is 6.10 Å². The maximum atomic E-state index is 11.3. The van der Waals surface area contributed by atoms with Crippen molar-refractivity contribution in [3.63, 3.8) is 0 Å². The highest BCUT2D eigenvalue weighted by Gasteiger charge is 2.28. The van der Waals surface area contributed by atoms with Crippen LogP contribution in [0.2, 0.25) is 0 Å². The summed E-state index contributed by atoms with van der Waals surface area (Å²) >= 11 is 0. The van der Waals surface area contributed by atoms with Gasteiger partial charge in [-0.2, -0.15) is 0 Å². The fraction of sp³-hybridized carbons (Fsp3) is 0.588. The van der Waals surface area contributed by atoms with Crippen molar-refractivity contribution < 1.29 is 14.6 Å². The molecule has 0 aliphatic heterocycles. The molecule has 0 heterocycles. The van der Waals surface area contributed by atoms with Gasteiger partial charge < -0.3 is 9.84 Å². The molecule has 20 heavy (non-hydrogen) atoms. The van der Waals surface area contributed by atoms with Crippen molar-refractivity contribution in [2.45, 2.75) is 57.7 Å². The molecular formula is C17H24O3. The van der Waals surface area contributed by atoms with Crippen LogP contribution in [0.1, 0.15) is 57.1 Å². The van der Waals surface area contributed by atoms with Crippen molar-refractivity contribution >= 4 is 5.97 Å². The van der Waals surface area contributed by atoms with Crippen LogP contribution in [-0.2, 0) is 9.53 Å². The summed E-state index contributed by atoms with van der Waals surface area (Å²) in [5.41, 5.74) is 0.889. The van der Waals surface area contributed by atoms with Gasteiger partial charge in [-0.3, -0.25) is 4.79 Å². The third-order valence-corrected chi connectivity index (χ3v) is 4.13. The molecule has 1 aliphatic rings. The van der Waals surface area contributed by atoms with Gasteiger partial charge in [0.25, 0.3) is 0 Å². The lowest BCUT2D eigenvalue weighted by molar-refractivity contribution is -0.151. The van der Waals surface area contributed by atoms with Gasteiger partial charge in [-0.15, -0.1) is 0 Å². The van der Waals surface area contributed by atoms with Crippen molar-refractivity contribution in [1.29, 1.82) is 0 Å². The lowest BCUT2D eigenvalue weighted by atomic mass is 9.82. The average molecular weight is 276 g/mol.